The molecule has 44 heavy (non-hydrogen) atoms. The Balaban J connectivity index is 1.08. The van der Waals surface area contributed by atoms with Gasteiger partial charge in [0.05, 0.1) is 6.04 Å². The van der Waals surface area contributed by atoms with Crippen LogP contribution in [0.2, 0.25) is 0 Å². The van der Waals surface area contributed by atoms with E-state index in [1.165, 1.54) is 72.1 Å². The van der Waals surface area contributed by atoms with Crippen LogP contribution in [0.1, 0.15) is 17.0 Å². The molecule has 0 radical (unpaired) electrons. The zero-order valence-electron chi connectivity index (χ0n) is 24.2. The third-order valence-corrected chi connectivity index (χ3v) is 9.35. The minimum Gasteiger partial charge on any atom is -0.355 e. The molecule has 2 aliphatic rings. The van der Waals surface area contributed by atoms with Crippen LogP contribution in [0.4, 0.5) is 11.4 Å². The lowest BCUT2D eigenvalue weighted by atomic mass is 9.86. The lowest BCUT2D eigenvalue weighted by molar-refractivity contribution is 0.747. The Labute approximate surface area is 257 Å². The Morgan fingerprint density at radius 2 is 1.07 bits per heavy atom. The number of allylic oxidation sites excluding steroid dienone is 2. The second kappa shape index (κ2) is 10.00. The van der Waals surface area contributed by atoms with Gasteiger partial charge in [0.25, 0.3) is 0 Å². The van der Waals surface area contributed by atoms with Gasteiger partial charge in [-0.05, 0) is 81.4 Å². The molecule has 2 heterocycles. The highest BCUT2D eigenvalue weighted by Gasteiger charge is 2.38. The van der Waals surface area contributed by atoms with Gasteiger partial charge in [0.1, 0.15) is 0 Å². The molecule has 0 spiro atoms. The van der Waals surface area contributed by atoms with E-state index in [1.54, 1.807) is 0 Å². The van der Waals surface area contributed by atoms with E-state index in [0.29, 0.717) is 5.92 Å². The van der Waals surface area contributed by atoms with Crippen LogP contribution >= 0.6 is 0 Å². The van der Waals surface area contributed by atoms with E-state index >= 15 is 0 Å². The van der Waals surface area contributed by atoms with Crippen molar-refractivity contribution < 1.29 is 0 Å². The van der Waals surface area contributed by atoms with E-state index in [1.807, 2.05) is 0 Å². The minimum atomic E-state index is 0.270. The minimum absolute atomic E-state index is 0.270. The quantitative estimate of drug-likeness (QED) is 0.226. The number of H-pyrrole nitrogens is 1. The van der Waals surface area contributed by atoms with Gasteiger partial charge in [-0.3, -0.25) is 0 Å². The molecular formula is C42H30N2. The first-order chi connectivity index (χ1) is 21.8. The van der Waals surface area contributed by atoms with Gasteiger partial charge in [0.15, 0.2) is 0 Å². The second-order valence-electron chi connectivity index (χ2n) is 11.9. The van der Waals surface area contributed by atoms with Crippen LogP contribution in [0.15, 0.2) is 164 Å². The van der Waals surface area contributed by atoms with Crippen LogP contribution < -0.4 is 4.90 Å². The maximum Gasteiger partial charge on any atom is 0.0630 e. The molecule has 0 bridgehead atoms. The van der Waals surface area contributed by atoms with Crippen molar-refractivity contribution in [3.63, 3.8) is 0 Å². The summed E-state index contributed by atoms with van der Waals surface area (Å²) in [7, 11) is 0. The van der Waals surface area contributed by atoms with Crippen molar-refractivity contribution in [1.29, 1.82) is 0 Å². The fourth-order valence-electron chi connectivity index (χ4n) is 7.17. The zero-order valence-corrected chi connectivity index (χ0v) is 24.2. The monoisotopic (exact) mass is 562 g/mol. The van der Waals surface area contributed by atoms with Crippen molar-refractivity contribution in [3.8, 4) is 22.3 Å². The molecule has 1 aliphatic carbocycles. The molecular weight excluding hydrogens is 532 g/mol. The molecule has 208 valence electrons. The maximum atomic E-state index is 3.65. The van der Waals surface area contributed by atoms with Gasteiger partial charge in [0.2, 0.25) is 0 Å². The Morgan fingerprint density at radius 3 is 1.82 bits per heavy atom. The number of hydrogen-bond donors (Lipinski definition) is 1. The van der Waals surface area contributed by atoms with Gasteiger partial charge in [-0.1, -0.05) is 121 Å². The lowest BCUT2D eigenvalue weighted by Gasteiger charge is -2.29. The highest BCUT2D eigenvalue weighted by atomic mass is 15.2. The smallest absolute Gasteiger partial charge is 0.0630 e. The maximum absolute atomic E-state index is 3.65. The molecule has 2 heteroatoms. The van der Waals surface area contributed by atoms with Gasteiger partial charge in [-0.15, -0.1) is 0 Å². The third kappa shape index (κ3) is 4.03. The first-order valence-corrected chi connectivity index (χ1v) is 15.4. The number of rotatable bonds is 4. The standard InChI is InChI=1S/C42H30N2/c1-3-9-28(10-4-1)29-15-17-30(18-16-29)31-19-22-39-36(25-31)37-26-32(20-23-40(37)43-39)33-21-24-42-38(27-33)35-13-7-8-14-41(35)44(42)34-11-5-2-6-12-34/h1-27,38,42-43H. The molecule has 1 aromatic heterocycles. The average Bonchev–Trinajstić information content (AvgIpc) is 3.63. The molecule has 0 amide bonds. The summed E-state index contributed by atoms with van der Waals surface area (Å²) in [5, 5.41) is 2.51. The Bertz CT molecular complexity index is 2220. The Hall–Kier alpha value is -5.60. The normalized spacial score (nSPS) is 17.1. The Morgan fingerprint density at radius 1 is 0.500 bits per heavy atom. The van der Waals surface area contributed by atoms with Crippen LogP contribution in [0.3, 0.4) is 0 Å². The summed E-state index contributed by atoms with van der Waals surface area (Å²) < 4.78 is 0. The topological polar surface area (TPSA) is 19.0 Å². The number of nitrogens with one attached hydrogen (secondary N) is 1. The molecule has 0 saturated heterocycles. The SMILES string of the molecule is C1=CC2C(C=C1c1ccc3[nH]c4ccc(-c5ccc(-c6ccccc6)cc5)cc4c3c1)c1ccccc1N2c1ccccc1. The summed E-state index contributed by atoms with van der Waals surface area (Å²) >= 11 is 0. The molecule has 2 atom stereocenters. The van der Waals surface area contributed by atoms with Gasteiger partial charge < -0.3 is 9.88 Å². The molecule has 2 nitrogen and oxygen atoms in total. The van der Waals surface area contributed by atoms with Gasteiger partial charge in [-0.25, -0.2) is 0 Å². The van der Waals surface area contributed by atoms with Gasteiger partial charge in [0, 0.05) is 39.1 Å². The van der Waals surface area contributed by atoms with E-state index in [-0.39, 0.29) is 6.04 Å². The molecule has 6 aromatic carbocycles. The van der Waals surface area contributed by atoms with E-state index in [9.17, 15) is 0 Å². The van der Waals surface area contributed by atoms with Crippen LogP contribution in [-0.4, -0.2) is 11.0 Å². The van der Waals surface area contributed by atoms with Crippen molar-refractivity contribution in [2.24, 2.45) is 0 Å². The number of aromatic nitrogens is 1. The highest BCUT2D eigenvalue weighted by molar-refractivity contribution is 6.09. The van der Waals surface area contributed by atoms with E-state index in [2.05, 4.69) is 174 Å². The number of anilines is 2. The van der Waals surface area contributed by atoms with Crippen molar-refractivity contribution in [3.05, 3.63) is 175 Å². The number of hydrogen-bond acceptors (Lipinski definition) is 1. The van der Waals surface area contributed by atoms with Crippen molar-refractivity contribution in [2.75, 3.05) is 4.90 Å². The molecule has 2 unspecified atom stereocenters. The van der Waals surface area contributed by atoms with Gasteiger partial charge >= 0.3 is 0 Å². The number of benzene rings is 6. The first kappa shape index (κ1) is 24.9. The summed E-state index contributed by atoms with van der Waals surface area (Å²) in [4.78, 5) is 6.13. The van der Waals surface area contributed by atoms with Crippen molar-refractivity contribution in [2.45, 2.75) is 12.0 Å². The lowest BCUT2D eigenvalue weighted by Crippen LogP contribution is -2.28. The fourth-order valence-corrected chi connectivity index (χ4v) is 7.17. The summed E-state index contributed by atoms with van der Waals surface area (Å²) in [6.45, 7) is 0. The predicted octanol–water partition coefficient (Wildman–Crippen LogP) is 10.9. The van der Waals surface area contributed by atoms with Crippen LogP contribution in [-0.2, 0) is 0 Å². The summed E-state index contributed by atoms with van der Waals surface area (Å²) in [6.07, 6.45) is 7.19. The predicted molar refractivity (Wildman–Crippen MR) is 185 cm³/mol. The Kier molecular flexibility index (Phi) is 5.67. The van der Waals surface area contributed by atoms with Crippen molar-refractivity contribution in [1.82, 2.24) is 4.98 Å². The molecule has 0 saturated carbocycles. The number of fused-ring (bicyclic) bond motifs is 6. The van der Waals surface area contributed by atoms with Crippen LogP contribution in [0.5, 0.6) is 0 Å². The molecule has 9 rings (SSSR count). The molecule has 0 fully saturated rings. The van der Waals surface area contributed by atoms with E-state index in [4.69, 9.17) is 0 Å². The highest BCUT2D eigenvalue weighted by Crippen LogP contribution is 2.49. The van der Waals surface area contributed by atoms with Crippen LogP contribution in [0.25, 0.3) is 49.6 Å². The number of para-hydroxylation sites is 2. The second-order valence-corrected chi connectivity index (χ2v) is 11.9. The fraction of sp³-hybridized carbons (Fsp3) is 0.0476. The zero-order chi connectivity index (χ0) is 29.0. The third-order valence-electron chi connectivity index (χ3n) is 9.35. The summed E-state index contributed by atoms with van der Waals surface area (Å²) in [5.74, 6) is 0.301. The van der Waals surface area contributed by atoms with E-state index < -0.39 is 0 Å². The first-order valence-electron chi connectivity index (χ1n) is 15.4. The summed E-state index contributed by atoms with van der Waals surface area (Å²) in [5.41, 5.74) is 13.7. The van der Waals surface area contributed by atoms with Crippen LogP contribution in [0, 0.1) is 0 Å². The number of nitrogens with zero attached hydrogens (tertiary/aromatic N) is 1. The number of aromatic amines is 1. The van der Waals surface area contributed by atoms with Gasteiger partial charge in [-0.2, -0.15) is 0 Å². The molecule has 1 N–H and O–H groups in total. The molecule has 7 aromatic rings. The summed E-state index contributed by atoms with van der Waals surface area (Å²) in [6, 6.07) is 53.0. The van der Waals surface area contributed by atoms with E-state index in [0.717, 1.165) is 0 Å². The van der Waals surface area contributed by atoms with Crippen molar-refractivity contribution >= 4 is 38.8 Å². The molecule has 1 aliphatic heterocycles. The largest absolute Gasteiger partial charge is 0.355 e. The average molecular weight is 563 g/mol.